The van der Waals surface area contributed by atoms with Crippen molar-refractivity contribution in [2.75, 3.05) is 0 Å². The van der Waals surface area contributed by atoms with Crippen LogP contribution in [0.1, 0.15) is 21.7 Å². The Bertz CT molecular complexity index is 867. The van der Waals surface area contributed by atoms with Crippen molar-refractivity contribution < 1.29 is 19.1 Å². The van der Waals surface area contributed by atoms with Crippen molar-refractivity contribution in [3.8, 4) is 11.3 Å². The highest BCUT2D eigenvalue weighted by Crippen LogP contribution is 2.27. The number of hydrogen-bond donors (Lipinski definition) is 3. The second-order valence-electron chi connectivity index (χ2n) is 5.00. The van der Waals surface area contributed by atoms with Crippen LogP contribution in [0.3, 0.4) is 0 Å². The number of benzene rings is 1. The summed E-state index contributed by atoms with van der Waals surface area (Å²) < 4.78 is 5.71. The van der Waals surface area contributed by atoms with Crippen LogP contribution in [0.5, 0.6) is 0 Å². The molecule has 1 aliphatic heterocycles. The number of carbonyl (C=O) groups excluding carboxylic acids is 1. The zero-order chi connectivity index (χ0) is 16.6. The fourth-order valence-electron chi connectivity index (χ4n) is 2.27. The second kappa shape index (κ2) is 5.69. The maximum absolute atomic E-state index is 11.6. The van der Waals surface area contributed by atoms with Gasteiger partial charge in [0, 0.05) is 11.6 Å². The molecule has 1 saturated heterocycles. The molecule has 2 aromatic rings. The summed E-state index contributed by atoms with van der Waals surface area (Å²) in [6.45, 7) is 1.81. The van der Waals surface area contributed by atoms with Gasteiger partial charge in [-0.15, -0.1) is 0 Å². The summed E-state index contributed by atoms with van der Waals surface area (Å²) in [5, 5.41) is 14.5. The number of rotatable bonds is 3. The van der Waals surface area contributed by atoms with Gasteiger partial charge in [0.05, 0.1) is 5.56 Å². The molecular formula is C16H12N2O4S. The lowest BCUT2D eigenvalue weighted by molar-refractivity contribution is -0.115. The number of aromatic carboxylic acids is 1. The highest BCUT2D eigenvalue weighted by Gasteiger charge is 2.20. The molecule has 1 aromatic carbocycles. The molecule has 0 atom stereocenters. The third-order valence-electron chi connectivity index (χ3n) is 3.37. The fourth-order valence-corrected chi connectivity index (χ4v) is 2.48. The maximum Gasteiger partial charge on any atom is 0.335 e. The van der Waals surface area contributed by atoms with Gasteiger partial charge in [0.1, 0.15) is 17.2 Å². The van der Waals surface area contributed by atoms with Gasteiger partial charge in [0.15, 0.2) is 5.11 Å². The van der Waals surface area contributed by atoms with E-state index in [1.54, 1.807) is 30.3 Å². The van der Waals surface area contributed by atoms with Gasteiger partial charge >= 0.3 is 5.97 Å². The molecule has 3 rings (SSSR count). The highest BCUT2D eigenvalue weighted by molar-refractivity contribution is 7.80. The van der Waals surface area contributed by atoms with E-state index in [-0.39, 0.29) is 16.6 Å². The van der Waals surface area contributed by atoms with E-state index < -0.39 is 5.97 Å². The summed E-state index contributed by atoms with van der Waals surface area (Å²) in [5.74, 6) is -0.204. The Balaban J connectivity index is 1.91. The average Bonchev–Trinajstić information content (AvgIpc) is 3.06. The fraction of sp³-hybridized carbons (Fsp3) is 0.0625. The van der Waals surface area contributed by atoms with Gasteiger partial charge in [-0.2, -0.15) is 0 Å². The molecule has 23 heavy (non-hydrogen) atoms. The molecular weight excluding hydrogens is 316 g/mol. The van der Waals surface area contributed by atoms with Crippen LogP contribution in [0.4, 0.5) is 0 Å². The molecule has 2 heterocycles. The number of carboxylic acids is 1. The molecule has 0 unspecified atom stereocenters. The summed E-state index contributed by atoms with van der Waals surface area (Å²) in [5.41, 5.74) is 2.12. The highest BCUT2D eigenvalue weighted by atomic mass is 32.1. The van der Waals surface area contributed by atoms with Crippen LogP contribution in [-0.4, -0.2) is 22.1 Å². The molecule has 0 radical (unpaired) electrons. The number of aryl methyl sites for hydroxylation is 1. The topological polar surface area (TPSA) is 91.6 Å². The SMILES string of the molecule is Cc1cc(C(=O)O)ccc1-c1ccc(/C=C2/NC(=S)NC2=O)o1. The molecule has 116 valence electrons. The quantitative estimate of drug-likeness (QED) is 0.591. The van der Waals surface area contributed by atoms with Gasteiger partial charge < -0.3 is 14.8 Å². The largest absolute Gasteiger partial charge is 0.478 e. The van der Waals surface area contributed by atoms with Crippen LogP contribution in [0.15, 0.2) is 40.4 Å². The van der Waals surface area contributed by atoms with E-state index in [9.17, 15) is 9.59 Å². The van der Waals surface area contributed by atoms with Crippen molar-refractivity contribution in [3.05, 3.63) is 52.9 Å². The number of hydrogen-bond acceptors (Lipinski definition) is 4. The smallest absolute Gasteiger partial charge is 0.335 e. The third-order valence-corrected chi connectivity index (χ3v) is 3.58. The van der Waals surface area contributed by atoms with Gasteiger partial charge in [-0.1, -0.05) is 6.07 Å². The minimum atomic E-state index is -0.973. The Morgan fingerprint density at radius 1 is 1.26 bits per heavy atom. The maximum atomic E-state index is 11.6. The van der Waals surface area contributed by atoms with Crippen LogP contribution in [0, 0.1) is 6.92 Å². The van der Waals surface area contributed by atoms with Crippen LogP contribution in [-0.2, 0) is 4.79 Å². The Morgan fingerprint density at radius 2 is 2.04 bits per heavy atom. The van der Waals surface area contributed by atoms with E-state index in [4.69, 9.17) is 21.7 Å². The van der Waals surface area contributed by atoms with Gasteiger partial charge in [-0.3, -0.25) is 10.1 Å². The molecule has 0 aliphatic carbocycles. The van der Waals surface area contributed by atoms with E-state index in [1.807, 2.05) is 6.92 Å². The molecule has 1 aliphatic rings. The van der Waals surface area contributed by atoms with Crippen molar-refractivity contribution in [2.45, 2.75) is 6.92 Å². The van der Waals surface area contributed by atoms with Crippen molar-refractivity contribution in [1.29, 1.82) is 0 Å². The standard InChI is InChI=1S/C16H12N2O4S/c1-8-6-9(15(20)21)2-4-11(8)13-5-3-10(22-13)7-12-14(19)18-16(23)17-12/h2-7H,1H3,(H,20,21)(H2,17,18,19,23)/b12-7+. The Morgan fingerprint density at radius 3 is 2.65 bits per heavy atom. The monoisotopic (exact) mass is 328 g/mol. The first-order valence-corrected chi connectivity index (χ1v) is 7.13. The molecule has 3 N–H and O–H groups in total. The lowest BCUT2D eigenvalue weighted by Gasteiger charge is -2.04. The van der Waals surface area contributed by atoms with Crippen molar-refractivity contribution in [3.63, 3.8) is 0 Å². The van der Waals surface area contributed by atoms with Crippen LogP contribution < -0.4 is 10.6 Å². The van der Waals surface area contributed by atoms with E-state index in [2.05, 4.69) is 10.6 Å². The molecule has 7 heteroatoms. The van der Waals surface area contributed by atoms with E-state index in [0.29, 0.717) is 17.2 Å². The minimum absolute atomic E-state index is 0.223. The third kappa shape index (κ3) is 3.00. The summed E-state index contributed by atoms with van der Waals surface area (Å²) in [6, 6.07) is 8.30. The van der Waals surface area contributed by atoms with Gasteiger partial charge in [0.25, 0.3) is 5.91 Å². The summed E-state index contributed by atoms with van der Waals surface area (Å²) in [4.78, 5) is 22.6. The first-order chi connectivity index (χ1) is 10.9. The Hall–Kier alpha value is -2.93. The number of thiocarbonyl (C=S) groups is 1. The predicted octanol–water partition coefficient (Wildman–Crippen LogP) is 2.30. The number of amides is 1. The van der Waals surface area contributed by atoms with Crippen molar-refractivity contribution in [2.24, 2.45) is 0 Å². The molecule has 1 aromatic heterocycles. The first kappa shape index (κ1) is 15.0. The van der Waals surface area contributed by atoms with Gasteiger partial charge in [0.2, 0.25) is 0 Å². The number of furan rings is 1. The number of nitrogens with one attached hydrogen (secondary N) is 2. The van der Waals surface area contributed by atoms with Gasteiger partial charge in [-0.25, -0.2) is 4.79 Å². The minimum Gasteiger partial charge on any atom is -0.478 e. The lowest BCUT2D eigenvalue weighted by atomic mass is 10.0. The molecule has 0 spiro atoms. The van der Waals surface area contributed by atoms with E-state index in [0.717, 1.165) is 11.1 Å². The van der Waals surface area contributed by atoms with Crippen LogP contribution in [0.2, 0.25) is 0 Å². The summed E-state index contributed by atoms with van der Waals surface area (Å²) in [7, 11) is 0. The molecule has 0 saturated carbocycles. The summed E-state index contributed by atoms with van der Waals surface area (Å²) in [6.07, 6.45) is 1.55. The molecule has 1 fully saturated rings. The normalized spacial score (nSPS) is 15.6. The lowest BCUT2D eigenvalue weighted by Crippen LogP contribution is -2.21. The predicted molar refractivity (Wildman–Crippen MR) is 87.7 cm³/mol. The Kier molecular flexibility index (Phi) is 3.71. The van der Waals surface area contributed by atoms with Crippen molar-refractivity contribution >= 4 is 35.3 Å². The summed E-state index contributed by atoms with van der Waals surface area (Å²) >= 11 is 4.86. The van der Waals surface area contributed by atoms with E-state index >= 15 is 0 Å². The number of carboxylic acid groups (broad SMARTS) is 1. The van der Waals surface area contributed by atoms with Gasteiger partial charge in [-0.05, 0) is 49.0 Å². The Labute approximate surface area is 136 Å². The number of carbonyl (C=O) groups is 2. The zero-order valence-electron chi connectivity index (χ0n) is 12.0. The first-order valence-electron chi connectivity index (χ1n) is 6.72. The van der Waals surface area contributed by atoms with E-state index in [1.165, 1.54) is 6.07 Å². The van der Waals surface area contributed by atoms with Crippen LogP contribution in [0.25, 0.3) is 17.4 Å². The molecule has 0 bridgehead atoms. The molecule has 6 nitrogen and oxygen atoms in total. The zero-order valence-corrected chi connectivity index (χ0v) is 12.9. The van der Waals surface area contributed by atoms with Crippen LogP contribution >= 0.6 is 12.2 Å². The van der Waals surface area contributed by atoms with Crippen molar-refractivity contribution in [1.82, 2.24) is 10.6 Å². The molecule has 1 amide bonds. The second-order valence-corrected chi connectivity index (χ2v) is 5.41. The average molecular weight is 328 g/mol.